The summed E-state index contributed by atoms with van der Waals surface area (Å²) < 4.78 is 28.3. The van der Waals surface area contributed by atoms with Gasteiger partial charge in [0.25, 0.3) is 15.9 Å². The normalized spacial score (nSPS) is 13.6. The van der Waals surface area contributed by atoms with Gasteiger partial charge in [0.2, 0.25) is 0 Å². The van der Waals surface area contributed by atoms with E-state index in [2.05, 4.69) is 15.0 Å². The summed E-state index contributed by atoms with van der Waals surface area (Å²) in [6.45, 7) is 2.14. The van der Waals surface area contributed by atoms with E-state index in [1.54, 1.807) is 55.7 Å². The van der Waals surface area contributed by atoms with Crippen molar-refractivity contribution in [2.24, 2.45) is 0 Å². The Hall–Kier alpha value is -3.19. The fraction of sp³-hybridized carbons (Fsp3) is 0.217. The van der Waals surface area contributed by atoms with Crippen molar-refractivity contribution in [1.82, 2.24) is 10.3 Å². The van der Waals surface area contributed by atoms with E-state index >= 15 is 0 Å². The lowest BCUT2D eigenvalue weighted by molar-refractivity contribution is 0.0951. The largest absolute Gasteiger partial charge is 0.348 e. The molecule has 0 atom stereocenters. The lowest BCUT2D eigenvalue weighted by atomic mass is 10.1. The van der Waals surface area contributed by atoms with Crippen molar-refractivity contribution in [1.29, 1.82) is 0 Å². The van der Waals surface area contributed by atoms with Crippen LogP contribution in [0.1, 0.15) is 45.8 Å². The first-order chi connectivity index (χ1) is 14.4. The number of nitrogens with zero attached hydrogens (tertiary/aromatic N) is 1. The Bertz CT molecular complexity index is 1160. The minimum atomic E-state index is -3.75. The number of nitrogens with one attached hydrogen (secondary N) is 2. The summed E-state index contributed by atoms with van der Waals surface area (Å²) in [5, 5.41) is 2.82. The lowest BCUT2D eigenvalue weighted by Gasteiger charge is -2.13. The molecule has 154 valence electrons. The van der Waals surface area contributed by atoms with Gasteiger partial charge in [-0.05, 0) is 72.7 Å². The third-order valence-corrected chi connectivity index (χ3v) is 6.54. The summed E-state index contributed by atoms with van der Waals surface area (Å²) in [6, 6.07) is 15.7. The topological polar surface area (TPSA) is 88.2 Å². The van der Waals surface area contributed by atoms with Gasteiger partial charge in [0, 0.05) is 24.5 Å². The van der Waals surface area contributed by atoms with Gasteiger partial charge in [-0.15, -0.1) is 0 Å². The molecule has 1 aliphatic rings. The van der Waals surface area contributed by atoms with Crippen molar-refractivity contribution in [2.45, 2.75) is 37.1 Å². The van der Waals surface area contributed by atoms with E-state index in [1.165, 1.54) is 18.4 Å². The first kappa shape index (κ1) is 20.1. The van der Waals surface area contributed by atoms with E-state index in [4.69, 9.17) is 0 Å². The van der Waals surface area contributed by atoms with Crippen molar-refractivity contribution in [3.8, 4) is 0 Å². The van der Waals surface area contributed by atoms with E-state index < -0.39 is 10.0 Å². The summed E-state index contributed by atoms with van der Waals surface area (Å²) in [7, 11) is -3.75. The molecule has 0 spiro atoms. The number of rotatable bonds is 7. The molecule has 1 aliphatic carbocycles. The highest BCUT2D eigenvalue weighted by molar-refractivity contribution is 7.92. The number of benzene rings is 2. The summed E-state index contributed by atoms with van der Waals surface area (Å²) in [5.41, 5.74) is 3.56. The van der Waals surface area contributed by atoms with Gasteiger partial charge in [-0.25, -0.2) is 8.42 Å². The number of amides is 1. The van der Waals surface area contributed by atoms with Crippen LogP contribution in [-0.4, -0.2) is 19.3 Å². The Morgan fingerprint density at radius 2 is 1.87 bits per heavy atom. The van der Waals surface area contributed by atoms with Gasteiger partial charge in [0.1, 0.15) is 0 Å². The zero-order valence-corrected chi connectivity index (χ0v) is 17.4. The zero-order valence-electron chi connectivity index (χ0n) is 16.6. The van der Waals surface area contributed by atoms with Gasteiger partial charge in [-0.3, -0.25) is 14.5 Å². The molecule has 1 amide bonds. The highest BCUT2D eigenvalue weighted by Crippen LogP contribution is 2.40. The van der Waals surface area contributed by atoms with E-state index in [0.29, 0.717) is 23.7 Å². The molecule has 4 rings (SSSR count). The van der Waals surface area contributed by atoms with Crippen molar-refractivity contribution in [3.63, 3.8) is 0 Å². The lowest BCUT2D eigenvalue weighted by Crippen LogP contribution is -2.23. The zero-order chi connectivity index (χ0) is 21.1. The maximum Gasteiger partial charge on any atom is 0.261 e. The number of pyridine rings is 1. The summed E-state index contributed by atoms with van der Waals surface area (Å²) in [4.78, 5) is 16.7. The van der Waals surface area contributed by atoms with Gasteiger partial charge in [0.05, 0.1) is 10.6 Å². The molecule has 0 unspecified atom stereocenters. The molecule has 1 saturated carbocycles. The molecular weight excluding hydrogens is 398 g/mol. The Labute approximate surface area is 176 Å². The number of aromatic nitrogens is 1. The standard InChI is InChI=1S/C23H23N3O3S/c1-16-4-5-20(23(27)25-15-17-3-2-12-24-14-17)13-22(16)26-30(28,29)21-10-8-19(9-11-21)18-6-7-18/h2-5,8-14,18,26H,6-7,15H2,1H3,(H,25,27). The van der Waals surface area contributed by atoms with Crippen LogP contribution in [0.2, 0.25) is 0 Å². The van der Waals surface area contributed by atoms with Gasteiger partial charge in [-0.2, -0.15) is 0 Å². The predicted molar refractivity (Wildman–Crippen MR) is 116 cm³/mol. The quantitative estimate of drug-likeness (QED) is 0.604. The second kappa shape index (κ2) is 8.28. The molecule has 1 fully saturated rings. The molecule has 1 heterocycles. The maximum absolute atomic E-state index is 12.8. The summed E-state index contributed by atoms with van der Waals surface area (Å²) in [6.07, 6.45) is 5.69. The minimum absolute atomic E-state index is 0.206. The molecule has 0 radical (unpaired) electrons. The third kappa shape index (κ3) is 4.68. The van der Waals surface area contributed by atoms with Gasteiger partial charge < -0.3 is 5.32 Å². The van der Waals surface area contributed by atoms with Crippen molar-refractivity contribution in [3.05, 3.63) is 89.2 Å². The Balaban J connectivity index is 1.48. The third-order valence-electron chi connectivity index (χ3n) is 5.16. The second-order valence-electron chi connectivity index (χ2n) is 7.52. The molecule has 0 bridgehead atoms. The van der Waals surface area contributed by atoms with E-state index in [1.807, 2.05) is 18.2 Å². The average Bonchev–Trinajstić information content (AvgIpc) is 3.60. The molecule has 7 heteroatoms. The van der Waals surface area contributed by atoms with E-state index in [-0.39, 0.29) is 10.8 Å². The molecule has 6 nitrogen and oxygen atoms in total. The number of carbonyl (C=O) groups is 1. The molecule has 2 N–H and O–H groups in total. The SMILES string of the molecule is Cc1ccc(C(=O)NCc2cccnc2)cc1NS(=O)(=O)c1ccc(C2CC2)cc1. The van der Waals surface area contributed by atoms with Crippen LogP contribution in [0.3, 0.4) is 0 Å². The van der Waals surface area contributed by atoms with Crippen LogP contribution >= 0.6 is 0 Å². The highest BCUT2D eigenvalue weighted by atomic mass is 32.2. The first-order valence-electron chi connectivity index (χ1n) is 9.83. The molecule has 0 aliphatic heterocycles. The van der Waals surface area contributed by atoms with Crippen LogP contribution in [0.4, 0.5) is 5.69 Å². The molecular formula is C23H23N3O3S. The number of aryl methyl sites for hydroxylation is 1. The van der Waals surface area contributed by atoms with Gasteiger partial charge in [-0.1, -0.05) is 24.3 Å². The number of carbonyl (C=O) groups excluding carboxylic acids is 1. The summed E-state index contributed by atoms with van der Waals surface area (Å²) >= 11 is 0. The average molecular weight is 422 g/mol. The fourth-order valence-electron chi connectivity index (χ4n) is 3.20. The predicted octanol–water partition coefficient (Wildman–Crippen LogP) is 4.00. The van der Waals surface area contributed by atoms with Crippen molar-refractivity contribution in [2.75, 3.05) is 4.72 Å². The van der Waals surface area contributed by atoms with Crippen LogP contribution in [0, 0.1) is 6.92 Å². The van der Waals surface area contributed by atoms with E-state index in [0.717, 1.165) is 11.1 Å². The van der Waals surface area contributed by atoms with E-state index in [9.17, 15) is 13.2 Å². The molecule has 3 aromatic rings. The van der Waals surface area contributed by atoms with Gasteiger partial charge >= 0.3 is 0 Å². The Morgan fingerprint density at radius 1 is 1.10 bits per heavy atom. The smallest absolute Gasteiger partial charge is 0.261 e. The first-order valence-corrected chi connectivity index (χ1v) is 11.3. The Kier molecular flexibility index (Phi) is 5.55. The fourth-order valence-corrected chi connectivity index (χ4v) is 4.32. The maximum atomic E-state index is 12.8. The molecule has 0 saturated heterocycles. The Morgan fingerprint density at radius 3 is 2.53 bits per heavy atom. The number of sulfonamides is 1. The van der Waals surface area contributed by atoms with Crippen molar-refractivity contribution < 1.29 is 13.2 Å². The monoisotopic (exact) mass is 421 g/mol. The number of anilines is 1. The van der Waals surface area contributed by atoms with Crippen LogP contribution < -0.4 is 10.0 Å². The van der Waals surface area contributed by atoms with Gasteiger partial charge in [0.15, 0.2) is 0 Å². The summed E-state index contributed by atoms with van der Waals surface area (Å²) in [5.74, 6) is 0.284. The van der Waals surface area contributed by atoms with Crippen LogP contribution in [0.5, 0.6) is 0 Å². The van der Waals surface area contributed by atoms with Crippen LogP contribution in [0.25, 0.3) is 0 Å². The molecule has 1 aromatic heterocycles. The molecule has 2 aromatic carbocycles. The number of hydrogen-bond acceptors (Lipinski definition) is 4. The second-order valence-corrected chi connectivity index (χ2v) is 9.20. The number of hydrogen-bond donors (Lipinski definition) is 2. The highest BCUT2D eigenvalue weighted by Gasteiger charge is 2.24. The van der Waals surface area contributed by atoms with Crippen LogP contribution in [-0.2, 0) is 16.6 Å². The van der Waals surface area contributed by atoms with Crippen molar-refractivity contribution >= 4 is 21.6 Å². The van der Waals surface area contributed by atoms with Crippen LogP contribution in [0.15, 0.2) is 71.9 Å². The molecule has 30 heavy (non-hydrogen) atoms. The minimum Gasteiger partial charge on any atom is -0.348 e.